The van der Waals surface area contributed by atoms with E-state index in [4.69, 9.17) is 9.47 Å². The van der Waals surface area contributed by atoms with Crippen LogP contribution >= 0.6 is 0 Å². The Hall–Kier alpha value is -1.63. The van der Waals surface area contributed by atoms with Gasteiger partial charge in [-0.25, -0.2) is 0 Å². The van der Waals surface area contributed by atoms with E-state index in [0.29, 0.717) is 13.2 Å². The van der Waals surface area contributed by atoms with Crippen LogP contribution in [0.4, 0.5) is 0 Å². The van der Waals surface area contributed by atoms with Crippen LogP contribution < -0.4 is 0 Å². The average Bonchev–Trinajstić information content (AvgIpc) is 2.72. The number of nitrogens with zero attached hydrogens (tertiary/aromatic N) is 1. The third kappa shape index (κ3) is 18.4. The summed E-state index contributed by atoms with van der Waals surface area (Å²) in [6.45, 7) is 4.63. The van der Waals surface area contributed by atoms with E-state index in [1.807, 2.05) is 0 Å². The van der Waals surface area contributed by atoms with Crippen LogP contribution in [-0.2, 0) is 28.6 Å². The fourth-order valence-corrected chi connectivity index (χ4v) is 3.01. The van der Waals surface area contributed by atoms with Crippen molar-refractivity contribution in [3.63, 3.8) is 0 Å². The largest absolute Gasteiger partial charge is 0.468 e. The van der Waals surface area contributed by atoms with E-state index in [1.54, 1.807) is 0 Å². The second kappa shape index (κ2) is 20.6. The number of esters is 3. The van der Waals surface area contributed by atoms with E-state index in [2.05, 4.69) is 18.6 Å². The lowest BCUT2D eigenvalue weighted by Gasteiger charge is -2.19. The molecule has 7 nitrogen and oxygen atoms in total. The smallest absolute Gasteiger partial charge is 0.320 e. The second-order valence-corrected chi connectivity index (χ2v) is 7.70. The minimum Gasteiger partial charge on any atom is -0.468 e. The van der Waals surface area contributed by atoms with Crippen LogP contribution in [0.2, 0.25) is 0 Å². The molecule has 0 atom stereocenters. The van der Waals surface area contributed by atoms with Crippen LogP contribution in [0.5, 0.6) is 0 Å². The molecule has 0 aromatic carbocycles. The summed E-state index contributed by atoms with van der Waals surface area (Å²) in [4.78, 5) is 37.1. The number of hydrogen-bond acceptors (Lipinski definition) is 7. The van der Waals surface area contributed by atoms with Crippen LogP contribution in [0, 0.1) is 0 Å². The standard InChI is InChI=1S/C23H43NO6/c1-4-6-8-10-12-14-16-29-22(26)19-24(18-21(25)28-3)20-23(27)30-17-15-13-11-9-7-5-2/h4-20H2,1-3H3. The molecule has 0 aliphatic rings. The first-order chi connectivity index (χ1) is 14.5. The van der Waals surface area contributed by atoms with Crippen molar-refractivity contribution in [1.29, 1.82) is 0 Å². The predicted molar refractivity (Wildman–Crippen MR) is 117 cm³/mol. The molecule has 176 valence electrons. The van der Waals surface area contributed by atoms with E-state index in [0.717, 1.165) is 38.5 Å². The minimum absolute atomic E-state index is 0.142. The summed E-state index contributed by atoms with van der Waals surface area (Å²) in [5.41, 5.74) is 0. The Morgan fingerprint density at radius 2 is 0.933 bits per heavy atom. The first-order valence-electron chi connectivity index (χ1n) is 11.6. The van der Waals surface area contributed by atoms with E-state index in [-0.39, 0.29) is 19.6 Å². The van der Waals surface area contributed by atoms with Gasteiger partial charge in [-0.15, -0.1) is 0 Å². The molecule has 0 radical (unpaired) electrons. The summed E-state index contributed by atoms with van der Waals surface area (Å²) in [6.07, 6.45) is 13.3. The van der Waals surface area contributed by atoms with Gasteiger partial charge in [0.2, 0.25) is 0 Å². The fraction of sp³-hybridized carbons (Fsp3) is 0.870. The Kier molecular flexibility index (Phi) is 19.5. The zero-order chi connectivity index (χ0) is 22.5. The summed E-state index contributed by atoms with van der Waals surface area (Å²) in [5, 5.41) is 0. The molecule has 0 N–H and O–H groups in total. The van der Waals surface area contributed by atoms with Gasteiger partial charge in [0.1, 0.15) is 0 Å². The zero-order valence-corrected chi connectivity index (χ0v) is 19.4. The Bertz CT molecular complexity index is 423. The quantitative estimate of drug-likeness (QED) is 0.162. The van der Waals surface area contributed by atoms with Gasteiger partial charge >= 0.3 is 17.9 Å². The van der Waals surface area contributed by atoms with E-state index >= 15 is 0 Å². The lowest BCUT2D eigenvalue weighted by Crippen LogP contribution is -2.40. The highest BCUT2D eigenvalue weighted by molar-refractivity contribution is 5.78. The maximum Gasteiger partial charge on any atom is 0.320 e. The topological polar surface area (TPSA) is 82.1 Å². The lowest BCUT2D eigenvalue weighted by molar-refractivity contribution is -0.151. The molecule has 0 saturated heterocycles. The highest BCUT2D eigenvalue weighted by Gasteiger charge is 2.19. The fourth-order valence-electron chi connectivity index (χ4n) is 3.01. The average molecular weight is 430 g/mol. The summed E-state index contributed by atoms with van der Waals surface area (Å²) in [5.74, 6) is -1.41. The van der Waals surface area contributed by atoms with Crippen molar-refractivity contribution in [3.8, 4) is 0 Å². The van der Waals surface area contributed by atoms with Crippen LogP contribution in [0.25, 0.3) is 0 Å². The third-order valence-electron chi connectivity index (χ3n) is 4.81. The normalized spacial score (nSPS) is 10.8. The monoisotopic (exact) mass is 429 g/mol. The molecule has 0 spiro atoms. The molecular weight excluding hydrogens is 386 g/mol. The van der Waals surface area contributed by atoms with Gasteiger partial charge in [-0.1, -0.05) is 78.1 Å². The highest BCUT2D eigenvalue weighted by atomic mass is 16.5. The molecule has 7 heteroatoms. The zero-order valence-electron chi connectivity index (χ0n) is 19.4. The Balaban J connectivity index is 4.12. The maximum absolute atomic E-state index is 12.1. The van der Waals surface area contributed by atoms with Gasteiger partial charge in [0.15, 0.2) is 0 Å². The van der Waals surface area contributed by atoms with Crippen LogP contribution in [0.15, 0.2) is 0 Å². The Morgan fingerprint density at radius 3 is 1.33 bits per heavy atom. The molecule has 0 amide bonds. The number of methoxy groups -OCH3 is 1. The molecule has 0 aliphatic carbocycles. The van der Waals surface area contributed by atoms with Gasteiger partial charge < -0.3 is 14.2 Å². The van der Waals surface area contributed by atoms with Crippen molar-refractivity contribution in [2.45, 2.75) is 90.9 Å². The number of carbonyl (C=O) groups excluding carboxylic acids is 3. The molecule has 0 rings (SSSR count). The highest BCUT2D eigenvalue weighted by Crippen LogP contribution is 2.06. The van der Waals surface area contributed by atoms with Crippen molar-refractivity contribution in [2.24, 2.45) is 0 Å². The van der Waals surface area contributed by atoms with Crippen molar-refractivity contribution in [1.82, 2.24) is 4.90 Å². The number of unbranched alkanes of at least 4 members (excludes halogenated alkanes) is 10. The summed E-state index contributed by atoms with van der Waals surface area (Å²) in [6, 6.07) is 0. The lowest BCUT2D eigenvalue weighted by atomic mass is 10.1. The molecule has 0 heterocycles. The Labute approximate surface area is 182 Å². The van der Waals surface area contributed by atoms with Gasteiger partial charge in [-0.2, -0.15) is 0 Å². The first-order valence-corrected chi connectivity index (χ1v) is 11.6. The van der Waals surface area contributed by atoms with Crippen molar-refractivity contribution in [3.05, 3.63) is 0 Å². The molecule has 0 aromatic heterocycles. The third-order valence-corrected chi connectivity index (χ3v) is 4.81. The van der Waals surface area contributed by atoms with Crippen molar-refractivity contribution < 1.29 is 28.6 Å². The SMILES string of the molecule is CCCCCCCCOC(=O)CN(CC(=O)OC)CC(=O)OCCCCCCCC. The molecule has 0 unspecified atom stereocenters. The first kappa shape index (κ1) is 28.4. The van der Waals surface area contributed by atoms with Crippen molar-refractivity contribution in [2.75, 3.05) is 40.0 Å². The van der Waals surface area contributed by atoms with Gasteiger partial charge in [0.25, 0.3) is 0 Å². The van der Waals surface area contributed by atoms with Gasteiger partial charge in [-0.3, -0.25) is 19.3 Å². The molecule has 0 fully saturated rings. The summed E-state index contributed by atoms with van der Waals surface area (Å²) < 4.78 is 15.1. The van der Waals surface area contributed by atoms with Gasteiger partial charge in [-0.05, 0) is 12.8 Å². The molecule has 0 aromatic rings. The number of ether oxygens (including phenoxy) is 3. The maximum atomic E-state index is 12.1. The summed E-state index contributed by atoms with van der Waals surface area (Å²) in [7, 11) is 1.27. The molecule has 0 aliphatic heterocycles. The molecular formula is C23H43NO6. The molecule has 0 saturated carbocycles. The predicted octanol–water partition coefficient (Wildman–Crippen LogP) is 4.27. The summed E-state index contributed by atoms with van der Waals surface area (Å²) >= 11 is 0. The Morgan fingerprint density at radius 1 is 0.567 bits per heavy atom. The van der Waals surface area contributed by atoms with Crippen LogP contribution in [-0.4, -0.2) is 62.8 Å². The van der Waals surface area contributed by atoms with Crippen molar-refractivity contribution >= 4 is 17.9 Å². The van der Waals surface area contributed by atoms with E-state index < -0.39 is 17.9 Å². The van der Waals surface area contributed by atoms with Crippen LogP contribution in [0.3, 0.4) is 0 Å². The minimum atomic E-state index is -0.512. The van der Waals surface area contributed by atoms with E-state index in [1.165, 1.54) is 50.5 Å². The van der Waals surface area contributed by atoms with E-state index in [9.17, 15) is 14.4 Å². The molecule has 0 bridgehead atoms. The number of rotatable bonds is 20. The van der Waals surface area contributed by atoms with Gasteiger partial charge in [0, 0.05) is 0 Å². The second-order valence-electron chi connectivity index (χ2n) is 7.70. The number of carbonyl (C=O) groups is 3. The van der Waals surface area contributed by atoms with Crippen LogP contribution in [0.1, 0.15) is 90.9 Å². The number of hydrogen-bond donors (Lipinski definition) is 0. The molecule has 30 heavy (non-hydrogen) atoms. The van der Waals surface area contributed by atoms with Gasteiger partial charge in [0.05, 0.1) is 40.0 Å².